The van der Waals surface area contributed by atoms with Crippen LogP contribution in [0.15, 0.2) is 47.6 Å². The molecule has 134 valence electrons. The molecule has 1 amide bonds. The van der Waals surface area contributed by atoms with E-state index >= 15 is 0 Å². The minimum atomic E-state index is -0.162. The van der Waals surface area contributed by atoms with Crippen molar-refractivity contribution in [1.29, 1.82) is 0 Å². The summed E-state index contributed by atoms with van der Waals surface area (Å²) in [6.07, 6.45) is 0. The smallest absolute Gasteiger partial charge is 0.234 e. The number of carbonyl (C=O) groups is 1. The van der Waals surface area contributed by atoms with Gasteiger partial charge in [0.25, 0.3) is 0 Å². The molecular formula is C17H16ClN5O2S. The Morgan fingerprint density at radius 3 is 2.77 bits per heavy atom. The molecule has 1 aromatic heterocycles. The summed E-state index contributed by atoms with van der Waals surface area (Å²) in [5.74, 6) is 0.750. The van der Waals surface area contributed by atoms with Gasteiger partial charge in [0.2, 0.25) is 11.1 Å². The number of hydrogen-bond acceptors (Lipinski definition) is 6. The third kappa shape index (κ3) is 4.14. The number of nitrogens with zero attached hydrogens (tertiary/aromatic N) is 4. The zero-order valence-electron chi connectivity index (χ0n) is 14.1. The number of tetrazole rings is 1. The van der Waals surface area contributed by atoms with Crippen molar-refractivity contribution >= 4 is 35.0 Å². The largest absolute Gasteiger partial charge is 0.497 e. The van der Waals surface area contributed by atoms with Gasteiger partial charge in [-0.1, -0.05) is 29.4 Å². The number of carbonyl (C=O) groups excluding carboxylic acids is 1. The molecule has 0 saturated carbocycles. The summed E-state index contributed by atoms with van der Waals surface area (Å²) in [6, 6.07) is 12.7. The third-order valence-corrected chi connectivity index (χ3v) is 4.96. The first-order chi connectivity index (χ1) is 12.6. The molecule has 0 aliphatic carbocycles. The van der Waals surface area contributed by atoms with E-state index in [1.54, 1.807) is 23.9 Å². The van der Waals surface area contributed by atoms with Gasteiger partial charge in [0.15, 0.2) is 0 Å². The molecule has 0 fully saturated rings. The number of amides is 1. The van der Waals surface area contributed by atoms with Crippen molar-refractivity contribution in [3.63, 3.8) is 0 Å². The van der Waals surface area contributed by atoms with Crippen molar-refractivity contribution in [3.05, 3.63) is 53.1 Å². The van der Waals surface area contributed by atoms with E-state index in [2.05, 4.69) is 20.8 Å². The van der Waals surface area contributed by atoms with E-state index in [0.29, 0.717) is 15.9 Å². The highest BCUT2D eigenvalue weighted by Gasteiger charge is 2.13. The number of methoxy groups -OCH3 is 1. The van der Waals surface area contributed by atoms with E-state index in [-0.39, 0.29) is 11.7 Å². The summed E-state index contributed by atoms with van der Waals surface area (Å²) < 4.78 is 6.71. The van der Waals surface area contributed by atoms with Gasteiger partial charge >= 0.3 is 0 Å². The second-order valence-corrected chi connectivity index (χ2v) is 6.67. The van der Waals surface area contributed by atoms with Gasteiger partial charge < -0.3 is 10.1 Å². The van der Waals surface area contributed by atoms with Crippen molar-refractivity contribution in [2.24, 2.45) is 0 Å². The molecule has 0 saturated heterocycles. The molecule has 0 bridgehead atoms. The zero-order valence-corrected chi connectivity index (χ0v) is 15.7. The molecule has 0 atom stereocenters. The molecule has 0 unspecified atom stereocenters. The van der Waals surface area contributed by atoms with Crippen molar-refractivity contribution in [1.82, 2.24) is 20.2 Å². The Morgan fingerprint density at radius 1 is 1.27 bits per heavy atom. The minimum absolute atomic E-state index is 0.162. The van der Waals surface area contributed by atoms with Gasteiger partial charge in [-0.15, -0.1) is 5.10 Å². The average Bonchev–Trinajstić information content (AvgIpc) is 3.12. The molecule has 3 aromatic rings. The number of anilines is 1. The number of aromatic nitrogens is 4. The highest BCUT2D eigenvalue weighted by Crippen LogP contribution is 2.24. The van der Waals surface area contributed by atoms with Crippen LogP contribution in [0, 0.1) is 6.92 Å². The van der Waals surface area contributed by atoms with Crippen LogP contribution in [0.2, 0.25) is 5.02 Å². The molecule has 7 nitrogen and oxygen atoms in total. The summed E-state index contributed by atoms with van der Waals surface area (Å²) in [5.41, 5.74) is 2.30. The molecule has 3 rings (SSSR count). The first-order valence-corrected chi connectivity index (χ1v) is 9.05. The Hall–Kier alpha value is -2.58. The van der Waals surface area contributed by atoms with Crippen LogP contribution in [0.5, 0.6) is 5.75 Å². The molecule has 0 radical (unpaired) electrons. The van der Waals surface area contributed by atoms with Gasteiger partial charge in [-0.05, 0) is 59.3 Å². The standard InChI is InChI=1S/C17H16ClN5O2S/c1-11-14(18)4-3-5-15(11)19-16(24)10-26-17-20-21-22-23(17)12-6-8-13(25-2)9-7-12/h3-9H,10H2,1-2H3,(H,19,24). The fourth-order valence-electron chi connectivity index (χ4n) is 2.21. The maximum Gasteiger partial charge on any atom is 0.234 e. The van der Waals surface area contributed by atoms with Gasteiger partial charge in [0.1, 0.15) is 5.75 Å². The lowest BCUT2D eigenvalue weighted by atomic mass is 10.2. The average molecular weight is 390 g/mol. The lowest BCUT2D eigenvalue weighted by Gasteiger charge is -2.09. The monoisotopic (exact) mass is 389 g/mol. The number of nitrogens with one attached hydrogen (secondary N) is 1. The van der Waals surface area contributed by atoms with E-state index in [1.165, 1.54) is 11.8 Å². The van der Waals surface area contributed by atoms with Gasteiger partial charge in [0, 0.05) is 10.7 Å². The number of halogens is 1. The fraction of sp³-hybridized carbons (Fsp3) is 0.176. The van der Waals surface area contributed by atoms with Gasteiger partial charge in [-0.25, -0.2) is 0 Å². The molecule has 0 spiro atoms. The van der Waals surface area contributed by atoms with Crippen LogP contribution < -0.4 is 10.1 Å². The Morgan fingerprint density at radius 2 is 2.04 bits per heavy atom. The molecular weight excluding hydrogens is 374 g/mol. The van der Waals surface area contributed by atoms with Crippen molar-refractivity contribution < 1.29 is 9.53 Å². The van der Waals surface area contributed by atoms with E-state index in [4.69, 9.17) is 16.3 Å². The van der Waals surface area contributed by atoms with E-state index < -0.39 is 0 Å². The topological polar surface area (TPSA) is 81.9 Å². The lowest BCUT2D eigenvalue weighted by Crippen LogP contribution is -2.15. The molecule has 26 heavy (non-hydrogen) atoms. The number of benzene rings is 2. The van der Waals surface area contributed by atoms with Crippen LogP contribution in [0.25, 0.3) is 5.69 Å². The highest BCUT2D eigenvalue weighted by atomic mass is 35.5. The second kappa shape index (κ2) is 8.20. The highest BCUT2D eigenvalue weighted by molar-refractivity contribution is 7.99. The van der Waals surface area contributed by atoms with Gasteiger partial charge in [-0.2, -0.15) is 4.68 Å². The fourth-order valence-corrected chi connectivity index (χ4v) is 3.08. The van der Waals surface area contributed by atoms with E-state index in [9.17, 15) is 4.79 Å². The van der Waals surface area contributed by atoms with Gasteiger partial charge in [-0.3, -0.25) is 4.79 Å². The number of ether oxygens (including phenoxy) is 1. The van der Waals surface area contributed by atoms with Crippen LogP contribution in [-0.2, 0) is 4.79 Å². The normalized spacial score (nSPS) is 10.6. The SMILES string of the molecule is COc1ccc(-n2nnnc2SCC(=O)Nc2cccc(Cl)c2C)cc1. The second-order valence-electron chi connectivity index (χ2n) is 5.32. The maximum atomic E-state index is 12.2. The quantitative estimate of drug-likeness (QED) is 0.651. The third-order valence-electron chi connectivity index (χ3n) is 3.63. The molecule has 9 heteroatoms. The predicted octanol–water partition coefficient (Wildman–Crippen LogP) is 3.36. The van der Waals surface area contributed by atoms with E-state index in [1.807, 2.05) is 37.3 Å². The van der Waals surface area contributed by atoms with Crippen LogP contribution in [0.1, 0.15) is 5.56 Å². The van der Waals surface area contributed by atoms with Crippen molar-refractivity contribution in [3.8, 4) is 11.4 Å². The van der Waals surface area contributed by atoms with Crippen LogP contribution in [0.3, 0.4) is 0 Å². The maximum absolute atomic E-state index is 12.2. The number of thioether (sulfide) groups is 1. The molecule has 1 N–H and O–H groups in total. The van der Waals surface area contributed by atoms with Crippen molar-refractivity contribution in [2.45, 2.75) is 12.1 Å². The first-order valence-electron chi connectivity index (χ1n) is 7.69. The van der Waals surface area contributed by atoms with Crippen molar-refractivity contribution in [2.75, 3.05) is 18.2 Å². The number of rotatable bonds is 6. The number of hydrogen-bond donors (Lipinski definition) is 1. The first kappa shape index (κ1) is 18.2. The van der Waals surface area contributed by atoms with Crippen LogP contribution in [-0.4, -0.2) is 39.0 Å². The van der Waals surface area contributed by atoms with Crippen LogP contribution >= 0.6 is 23.4 Å². The minimum Gasteiger partial charge on any atom is -0.497 e. The Labute approximate surface area is 159 Å². The lowest BCUT2D eigenvalue weighted by molar-refractivity contribution is -0.113. The van der Waals surface area contributed by atoms with E-state index in [0.717, 1.165) is 17.0 Å². The molecule has 2 aromatic carbocycles. The Bertz CT molecular complexity index is 914. The summed E-state index contributed by atoms with van der Waals surface area (Å²) >= 11 is 7.32. The molecule has 1 heterocycles. The predicted molar refractivity (Wildman–Crippen MR) is 101 cm³/mol. The van der Waals surface area contributed by atoms with Crippen LogP contribution in [0.4, 0.5) is 5.69 Å². The molecule has 0 aliphatic heterocycles. The zero-order chi connectivity index (χ0) is 18.5. The summed E-state index contributed by atoms with van der Waals surface area (Å²) in [4.78, 5) is 12.2. The summed E-state index contributed by atoms with van der Waals surface area (Å²) in [5, 5.41) is 15.6. The van der Waals surface area contributed by atoms with Gasteiger partial charge in [0.05, 0.1) is 18.6 Å². The summed E-state index contributed by atoms with van der Waals surface area (Å²) in [7, 11) is 1.60. The molecule has 0 aliphatic rings. The Kier molecular flexibility index (Phi) is 5.75. The summed E-state index contributed by atoms with van der Waals surface area (Å²) in [6.45, 7) is 1.86. The Balaban J connectivity index is 1.66.